The summed E-state index contributed by atoms with van der Waals surface area (Å²) in [4.78, 5) is 12.2. The maximum atomic E-state index is 12.2. The third-order valence-corrected chi connectivity index (χ3v) is 4.49. The lowest BCUT2D eigenvalue weighted by atomic mass is 10.0. The highest BCUT2D eigenvalue weighted by molar-refractivity contribution is 5.91. The van der Waals surface area contributed by atoms with Gasteiger partial charge in [-0.25, -0.2) is 4.79 Å². The molecule has 3 aromatic carbocycles. The van der Waals surface area contributed by atoms with Crippen molar-refractivity contribution in [3.05, 3.63) is 83.9 Å². The molecule has 0 atom stereocenters. The quantitative estimate of drug-likeness (QED) is 0.321. The van der Waals surface area contributed by atoms with Gasteiger partial charge in [-0.2, -0.15) is 8.78 Å². The van der Waals surface area contributed by atoms with E-state index in [9.17, 15) is 13.6 Å². The maximum Gasteiger partial charge on any atom is 0.387 e. The van der Waals surface area contributed by atoms with Gasteiger partial charge in [0, 0.05) is 0 Å². The highest BCUT2D eigenvalue weighted by Crippen LogP contribution is 2.24. The molecule has 0 unspecified atom stereocenters. The van der Waals surface area contributed by atoms with Crippen molar-refractivity contribution in [1.29, 1.82) is 0 Å². The van der Waals surface area contributed by atoms with E-state index in [0.29, 0.717) is 5.75 Å². The number of alkyl halides is 2. The minimum absolute atomic E-state index is 0.0124. The van der Waals surface area contributed by atoms with Crippen LogP contribution in [0.15, 0.2) is 72.8 Å². The van der Waals surface area contributed by atoms with Crippen LogP contribution in [0.5, 0.6) is 11.5 Å². The standard InChI is InChI=1S/C24H22F2O3/c1-2-3-4-17-5-7-18(8-6-17)19-9-13-21(14-10-19)28-23(27)20-11-15-22(16-12-20)29-24(25)26/h5-16,24H,2-4H2,1H3. The summed E-state index contributed by atoms with van der Waals surface area (Å²) in [7, 11) is 0. The SMILES string of the molecule is CCCCc1ccc(-c2ccc(OC(=O)c3ccc(OC(F)F)cc3)cc2)cc1. The van der Waals surface area contributed by atoms with Crippen molar-refractivity contribution in [2.45, 2.75) is 32.8 Å². The zero-order chi connectivity index (χ0) is 20.6. The van der Waals surface area contributed by atoms with Crippen molar-refractivity contribution in [2.24, 2.45) is 0 Å². The third kappa shape index (κ3) is 5.88. The summed E-state index contributed by atoms with van der Waals surface area (Å²) in [5.41, 5.74) is 3.70. The molecule has 150 valence electrons. The Hall–Kier alpha value is -3.21. The molecule has 0 spiro atoms. The van der Waals surface area contributed by atoms with Gasteiger partial charge in [-0.3, -0.25) is 0 Å². The molecule has 3 rings (SSSR count). The van der Waals surface area contributed by atoms with Crippen LogP contribution in [0, 0.1) is 0 Å². The molecule has 0 aromatic heterocycles. The second kappa shape index (κ2) is 9.82. The number of ether oxygens (including phenoxy) is 2. The molecular weight excluding hydrogens is 374 g/mol. The molecule has 0 heterocycles. The van der Waals surface area contributed by atoms with Crippen LogP contribution in [0.2, 0.25) is 0 Å². The Labute approximate surface area is 168 Å². The molecule has 0 bridgehead atoms. The van der Waals surface area contributed by atoms with Crippen molar-refractivity contribution in [3.63, 3.8) is 0 Å². The zero-order valence-corrected chi connectivity index (χ0v) is 16.1. The summed E-state index contributed by atoms with van der Waals surface area (Å²) >= 11 is 0. The molecule has 29 heavy (non-hydrogen) atoms. The van der Waals surface area contributed by atoms with Gasteiger partial charge in [-0.15, -0.1) is 0 Å². The fourth-order valence-corrected chi connectivity index (χ4v) is 2.90. The van der Waals surface area contributed by atoms with Crippen LogP contribution in [-0.2, 0) is 6.42 Å². The van der Waals surface area contributed by atoms with E-state index in [1.807, 2.05) is 12.1 Å². The van der Waals surface area contributed by atoms with Crippen LogP contribution in [0.4, 0.5) is 8.78 Å². The van der Waals surface area contributed by atoms with E-state index >= 15 is 0 Å². The number of carbonyl (C=O) groups excluding carboxylic acids is 1. The molecule has 0 fully saturated rings. The van der Waals surface area contributed by atoms with Gasteiger partial charge < -0.3 is 9.47 Å². The van der Waals surface area contributed by atoms with Gasteiger partial charge in [-0.05, 0) is 65.9 Å². The van der Waals surface area contributed by atoms with Crippen LogP contribution >= 0.6 is 0 Å². The average Bonchev–Trinajstić information content (AvgIpc) is 2.73. The number of aryl methyl sites for hydroxylation is 1. The number of esters is 1. The molecule has 3 nitrogen and oxygen atoms in total. The minimum atomic E-state index is -2.90. The number of hydrogen-bond acceptors (Lipinski definition) is 3. The molecule has 5 heteroatoms. The number of hydrogen-bond donors (Lipinski definition) is 0. The molecular formula is C24H22F2O3. The average molecular weight is 396 g/mol. The summed E-state index contributed by atoms with van der Waals surface area (Å²) in [6, 6.07) is 21.1. The zero-order valence-electron chi connectivity index (χ0n) is 16.1. The number of halogens is 2. The Balaban J connectivity index is 1.62. The number of unbranched alkanes of at least 4 members (excludes halogenated alkanes) is 1. The highest BCUT2D eigenvalue weighted by atomic mass is 19.3. The fourth-order valence-electron chi connectivity index (χ4n) is 2.90. The van der Waals surface area contributed by atoms with Crippen molar-refractivity contribution in [2.75, 3.05) is 0 Å². The number of carbonyl (C=O) groups is 1. The van der Waals surface area contributed by atoms with Crippen LogP contribution in [0.3, 0.4) is 0 Å². The van der Waals surface area contributed by atoms with Crippen molar-refractivity contribution >= 4 is 5.97 Å². The Bertz CT molecular complexity index is 918. The van der Waals surface area contributed by atoms with Crippen molar-refractivity contribution in [1.82, 2.24) is 0 Å². The molecule has 0 aliphatic rings. The second-order valence-electron chi connectivity index (χ2n) is 6.62. The molecule has 3 aromatic rings. The van der Waals surface area contributed by atoms with Crippen molar-refractivity contribution < 1.29 is 23.0 Å². The molecule has 0 N–H and O–H groups in total. The lowest BCUT2D eigenvalue weighted by molar-refractivity contribution is -0.0498. The molecule has 0 aliphatic heterocycles. The predicted octanol–water partition coefficient (Wildman–Crippen LogP) is 6.52. The minimum Gasteiger partial charge on any atom is -0.435 e. The molecule has 0 saturated carbocycles. The summed E-state index contributed by atoms with van der Waals surface area (Å²) in [5, 5.41) is 0. The van der Waals surface area contributed by atoms with Crippen LogP contribution in [0.1, 0.15) is 35.7 Å². The van der Waals surface area contributed by atoms with Crippen molar-refractivity contribution in [3.8, 4) is 22.6 Å². The van der Waals surface area contributed by atoms with Gasteiger partial charge in [0.15, 0.2) is 0 Å². The molecule has 0 aliphatic carbocycles. The molecule has 0 amide bonds. The predicted molar refractivity (Wildman–Crippen MR) is 109 cm³/mol. The summed E-state index contributed by atoms with van der Waals surface area (Å²) in [6.07, 6.45) is 3.44. The normalized spacial score (nSPS) is 10.8. The monoisotopic (exact) mass is 396 g/mol. The lowest BCUT2D eigenvalue weighted by Crippen LogP contribution is -2.08. The smallest absolute Gasteiger partial charge is 0.387 e. The Morgan fingerprint density at radius 3 is 1.93 bits per heavy atom. The van der Waals surface area contributed by atoms with E-state index in [1.165, 1.54) is 42.7 Å². The first-order chi connectivity index (χ1) is 14.0. The first kappa shape index (κ1) is 20.5. The Morgan fingerprint density at radius 2 is 1.38 bits per heavy atom. The van der Waals surface area contributed by atoms with E-state index in [4.69, 9.17) is 4.74 Å². The topological polar surface area (TPSA) is 35.5 Å². The van der Waals surface area contributed by atoms with Gasteiger partial charge in [0.2, 0.25) is 0 Å². The van der Waals surface area contributed by atoms with Gasteiger partial charge in [0.25, 0.3) is 0 Å². The maximum absolute atomic E-state index is 12.2. The first-order valence-electron chi connectivity index (χ1n) is 9.51. The number of rotatable bonds is 8. The van der Waals surface area contributed by atoms with Crippen LogP contribution in [-0.4, -0.2) is 12.6 Å². The number of benzene rings is 3. The van der Waals surface area contributed by atoms with E-state index < -0.39 is 12.6 Å². The van der Waals surface area contributed by atoms with Gasteiger partial charge in [-0.1, -0.05) is 49.7 Å². The van der Waals surface area contributed by atoms with E-state index in [-0.39, 0.29) is 11.3 Å². The Kier molecular flexibility index (Phi) is 6.95. The van der Waals surface area contributed by atoms with Crippen LogP contribution < -0.4 is 9.47 Å². The molecule has 0 saturated heterocycles. The van der Waals surface area contributed by atoms with E-state index in [2.05, 4.69) is 35.9 Å². The lowest BCUT2D eigenvalue weighted by Gasteiger charge is -2.08. The second-order valence-corrected chi connectivity index (χ2v) is 6.62. The van der Waals surface area contributed by atoms with Crippen LogP contribution in [0.25, 0.3) is 11.1 Å². The van der Waals surface area contributed by atoms with E-state index in [0.717, 1.165) is 17.5 Å². The summed E-state index contributed by atoms with van der Waals surface area (Å²) < 4.78 is 34.0. The van der Waals surface area contributed by atoms with Gasteiger partial charge in [0.1, 0.15) is 11.5 Å². The van der Waals surface area contributed by atoms with E-state index in [1.54, 1.807) is 12.1 Å². The largest absolute Gasteiger partial charge is 0.435 e. The first-order valence-corrected chi connectivity index (χ1v) is 9.51. The summed E-state index contributed by atoms with van der Waals surface area (Å²) in [5.74, 6) is -0.172. The van der Waals surface area contributed by atoms with Gasteiger partial charge >= 0.3 is 12.6 Å². The highest BCUT2D eigenvalue weighted by Gasteiger charge is 2.10. The van der Waals surface area contributed by atoms with Gasteiger partial charge in [0.05, 0.1) is 5.56 Å². The fraction of sp³-hybridized carbons (Fsp3) is 0.208. The molecule has 0 radical (unpaired) electrons. The third-order valence-electron chi connectivity index (χ3n) is 4.49. The Morgan fingerprint density at radius 1 is 0.828 bits per heavy atom. The summed E-state index contributed by atoms with van der Waals surface area (Å²) in [6.45, 7) is -0.724.